The largest absolute Gasteiger partial charge is 0.467 e. The topological polar surface area (TPSA) is 42.0 Å². The van der Waals surface area contributed by atoms with Crippen LogP contribution in [0.5, 0.6) is 0 Å². The van der Waals surface area contributed by atoms with Crippen molar-refractivity contribution in [2.75, 3.05) is 53.0 Å². The molecule has 1 aliphatic rings. The molecular formula is C22H26F2N2O3. The molecule has 7 heteroatoms. The number of halogens is 2. The lowest BCUT2D eigenvalue weighted by Gasteiger charge is -2.39. The summed E-state index contributed by atoms with van der Waals surface area (Å²) >= 11 is 0. The highest BCUT2D eigenvalue weighted by Crippen LogP contribution is 2.30. The molecule has 1 heterocycles. The molecule has 3 rings (SSSR count). The van der Waals surface area contributed by atoms with Crippen LogP contribution in [0.15, 0.2) is 48.5 Å². The maximum atomic E-state index is 13.4. The number of hydrogen-bond donors (Lipinski definition) is 0. The number of ether oxygens (including phenoxy) is 2. The minimum atomic E-state index is -0.378. The molecule has 0 radical (unpaired) electrons. The smallest absolute Gasteiger partial charge is 0.331 e. The Kier molecular flexibility index (Phi) is 7.69. The number of benzene rings is 2. The number of rotatable bonds is 8. The summed E-state index contributed by atoms with van der Waals surface area (Å²) in [7, 11) is 1.34. The van der Waals surface area contributed by atoms with Crippen LogP contribution in [-0.4, -0.2) is 68.8 Å². The zero-order valence-corrected chi connectivity index (χ0v) is 16.5. The molecule has 0 spiro atoms. The highest BCUT2D eigenvalue weighted by Gasteiger charge is 2.26. The first kappa shape index (κ1) is 21.4. The van der Waals surface area contributed by atoms with E-state index < -0.39 is 0 Å². The summed E-state index contributed by atoms with van der Waals surface area (Å²) in [6.45, 7) is 4.50. The first-order valence-electron chi connectivity index (χ1n) is 9.68. The lowest BCUT2D eigenvalue weighted by molar-refractivity contribution is -0.146. The second-order valence-corrected chi connectivity index (χ2v) is 7.01. The van der Waals surface area contributed by atoms with Gasteiger partial charge in [-0.3, -0.25) is 9.80 Å². The standard InChI is InChI=1S/C22H26F2N2O3/c1-28-21(27)16-29-15-14-25-10-12-26(13-11-25)22(17-2-6-19(23)7-3-17)18-4-8-20(24)9-5-18/h2-9,22H,10-16H2,1H3. The van der Waals surface area contributed by atoms with Crippen molar-refractivity contribution in [3.8, 4) is 0 Å². The van der Waals surface area contributed by atoms with Crippen LogP contribution in [0, 0.1) is 11.6 Å². The van der Waals surface area contributed by atoms with Crippen molar-refractivity contribution >= 4 is 5.97 Å². The van der Waals surface area contributed by atoms with Crippen molar-refractivity contribution in [1.29, 1.82) is 0 Å². The fraction of sp³-hybridized carbons (Fsp3) is 0.409. The van der Waals surface area contributed by atoms with E-state index in [1.54, 1.807) is 24.3 Å². The Hall–Kier alpha value is -2.35. The van der Waals surface area contributed by atoms with E-state index in [1.807, 2.05) is 0 Å². The summed E-state index contributed by atoms with van der Waals surface area (Å²) in [6.07, 6.45) is 0. The summed E-state index contributed by atoms with van der Waals surface area (Å²) in [6, 6.07) is 12.9. The van der Waals surface area contributed by atoms with Gasteiger partial charge in [0.05, 0.1) is 19.8 Å². The molecule has 2 aromatic carbocycles. The molecule has 29 heavy (non-hydrogen) atoms. The molecule has 0 unspecified atom stereocenters. The second kappa shape index (κ2) is 10.4. The number of carbonyl (C=O) groups excluding carboxylic acids is 1. The molecule has 0 saturated carbocycles. The Labute approximate surface area is 169 Å². The maximum Gasteiger partial charge on any atom is 0.331 e. The Balaban J connectivity index is 1.62. The van der Waals surface area contributed by atoms with Crippen LogP contribution >= 0.6 is 0 Å². The summed E-state index contributed by atoms with van der Waals surface area (Å²) in [5, 5.41) is 0. The van der Waals surface area contributed by atoms with Crippen molar-refractivity contribution in [1.82, 2.24) is 9.80 Å². The van der Waals surface area contributed by atoms with Gasteiger partial charge in [-0.25, -0.2) is 13.6 Å². The number of methoxy groups -OCH3 is 1. The first-order chi connectivity index (χ1) is 14.1. The fourth-order valence-electron chi connectivity index (χ4n) is 3.56. The average Bonchev–Trinajstić information content (AvgIpc) is 2.75. The van der Waals surface area contributed by atoms with E-state index in [9.17, 15) is 13.6 Å². The second-order valence-electron chi connectivity index (χ2n) is 7.01. The Morgan fingerprint density at radius 1 is 0.931 bits per heavy atom. The van der Waals surface area contributed by atoms with E-state index in [1.165, 1.54) is 31.4 Å². The molecule has 0 aromatic heterocycles. The van der Waals surface area contributed by atoms with Crippen molar-refractivity contribution in [3.63, 3.8) is 0 Å². The Bertz CT molecular complexity index is 730. The van der Waals surface area contributed by atoms with E-state index in [2.05, 4.69) is 14.5 Å². The summed E-state index contributed by atoms with van der Waals surface area (Å²) in [5.74, 6) is -0.928. The SMILES string of the molecule is COC(=O)COCCN1CCN(C(c2ccc(F)cc2)c2ccc(F)cc2)CC1. The van der Waals surface area contributed by atoms with Crippen LogP contribution in [0.1, 0.15) is 17.2 Å². The molecule has 156 valence electrons. The maximum absolute atomic E-state index is 13.4. The van der Waals surface area contributed by atoms with Crippen LogP contribution in [-0.2, 0) is 14.3 Å². The zero-order chi connectivity index (χ0) is 20.6. The Morgan fingerprint density at radius 3 is 1.93 bits per heavy atom. The summed E-state index contributed by atoms with van der Waals surface area (Å²) in [4.78, 5) is 15.7. The van der Waals surface area contributed by atoms with Crippen LogP contribution in [0.25, 0.3) is 0 Å². The van der Waals surface area contributed by atoms with Crippen LogP contribution in [0.4, 0.5) is 8.78 Å². The van der Waals surface area contributed by atoms with Crippen molar-refractivity contribution in [3.05, 3.63) is 71.3 Å². The van der Waals surface area contributed by atoms with E-state index in [0.717, 1.165) is 43.9 Å². The zero-order valence-electron chi connectivity index (χ0n) is 16.5. The van der Waals surface area contributed by atoms with Crippen molar-refractivity contribution < 1.29 is 23.0 Å². The lowest BCUT2D eigenvalue weighted by Crippen LogP contribution is -2.48. The third kappa shape index (κ3) is 6.06. The van der Waals surface area contributed by atoms with Gasteiger partial charge in [0.25, 0.3) is 0 Å². The van der Waals surface area contributed by atoms with Gasteiger partial charge in [0.1, 0.15) is 18.2 Å². The molecule has 1 fully saturated rings. The van der Waals surface area contributed by atoms with Gasteiger partial charge in [0.2, 0.25) is 0 Å². The Morgan fingerprint density at radius 2 is 1.45 bits per heavy atom. The van der Waals surface area contributed by atoms with Crippen molar-refractivity contribution in [2.24, 2.45) is 0 Å². The molecule has 0 N–H and O–H groups in total. The number of piperazine rings is 1. The number of hydrogen-bond acceptors (Lipinski definition) is 5. The third-order valence-electron chi connectivity index (χ3n) is 5.14. The van der Waals surface area contributed by atoms with Gasteiger partial charge in [-0.05, 0) is 35.4 Å². The molecular weight excluding hydrogens is 378 g/mol. The van der Waals surface area contributed by atoms with Gasteiger partial charge >= 0.3 is 5.97 Å². The predicted octanol–water partition coefficient (Wildman–Crippen LogP) is 2.86. The molecule has 1 saturated heterocycles. The molecule has 2 aromatic rings. The van der Waals surface area contributed by atoms with Gasteiger partial charge < -0.3 is 9.47 Å². The molecule has 0 atom stereocenters. The molecule has 5 nitrogen and oxygen atoms in total. The van der Waals surface area contributed by atoms with E-state index in [0.29, 0.717) is 6.61 Å². The predicted molar refractivity (Wildman–Crippen MR) is 105 cm³/mol. The van der Waals surface area contributed by atoms with Crippen LogP contribution in [0.2, 0.25) is 0 Å². The normalized spacial score (nSPS) is 15.6. The third-order valence-corrected chi connectivity index (χ3v) is 5.14. The highest BCUT2D eigenvalue weighted by molar-refractivity contribution is 5.70. The van der Waals surface area contributed by atoms with E-state index in [-0.39, 0.29) is 30.3 Å². The van der Waals surface area contributed by atoms with E-state index >= 15 is 0 Å². The number of nitrogens with zero attached hydrogens (tertiary/aromatic N) is 2. The first-order valence-corrected chi connectivity index (χ1v) is 9.68. The van der Waals surface area contributed by atoms with Gasteiger partial charge in [-0.15, -0.1) is 0 Å². The van der Waals surface area contributed by atoms with E-state index in [4.69, 9.17) is 4.74 Å². The minimum absolute atomic E-state index is 0.0341. The average molecular weight is 404 g/mol. The van der Waals surface area contributed by atoms with Crippen LogP contribution in [0.3, 0.4) is 0 Å². The minimum Gasteiger partial charge on any atom is -0.467 e. The van der Waals surface area contributed by atoms with Gasteiger partial charge in [0, 0.05) is 32.7 Å². The van der Waals surface area contributed by atoms with Crippen LogP contribution < -0.4 is 0 Å². The van der Waals surface area contributed by atoms with Gasteiger partial charge in [-0.1, -0.05) is 24.3 Å². The monoisotopic (exact) mass is 404 g/mol. The van der Waals surface area contributed by atoms with Gasteiger partial charge in [0.15, 0.2) is 0 Å². The molecule has 0 aliphatic carbocycles. The number of carbonyl (C=O) groups is 1. The molecule has 1 aliphatic heterocycles. The van der Waals surface area contributed by atoms with Gasteiger partial charge in [-0.2, -0.15) is 0 Å². The highest BCUT2D eigenvalue weighted by atomic mass is 19.1. The number of esters is 1. The molecule has 0 bridgehead atoms. The summed E-state index contributed by atoms with van der Waals surface area (Å²) in [5.41, 5.74) is 1.96. The summed E-state index contributed by atoms with van der Waals surface area (Å²) < 4.78 is 36.7. The quantitative estimate of drug-likeness (QED) is 0.500. The molecule has 0 amide bonds. The fourth-order valence-corrected chi connectivity index (χ4v) is 3.56. The lowest BCUT2D eigenvalue weighted by atomic mass is 9.96. The van der Waals surface area contributed by atoms with Crippen molar-refractivity contribution in [2.45, 2.75) is 6.04 Å².